The van der Waals surface area contributed by atoms with Crippen LogP contribution in [0.25, 0.3) is 5.69 Å². The molecule has 1 fully saturated rings. The van der Waals surface area contributed by atoms with Crippen LogP contribution in [0, 0.1) is 0 Å². The van der Waals surface area contributed by atoms with Crippen LogP contribution in [0.4, 0.5) is 0 Å². The maximum atomic E-state index is 12.1. The van der Waals surface area contributed by atoms with Gasteiger partial charge in [-0.05, 0) is 31.0 Å². The summed E-state index contributed by atoms with van der Waals surface area (Å²) in [6.07, 6.45) is 3.66. The van der Waals surface area contributed by atoms with E-state index in [1.54, 1.807) is 18.2 Å². The zero-order valence-corrected chi connectivity index (χ0v) is 12.2. The number of hydrogen-bond donors (Lipinski definition) is 2. The molecule has 0 unspecified atom stereocenters. The van der Waals surface area contributed by atoms with Crippen molar-refractivity contribution in [2.24, 2.45) is 5.73 Å². The lowest BCUT2D eigenvalue weighted by Gasteiger charge is -2.23. The normalized spacial score (nSPS) is 17.6. The first-order chi connectivity index (χ1) is 9.51. The minimum atomic E-state index is -0.592. The van der Waals surface area contributed by atoms with Crippen LogP contribution in [0.2, 0.25) is 10.0 Å². The molecule has 3 rings (SSSR count). The van der Waals surface area contributed by atoms with Gasteiger partial charge >= 0.3 is 5.69 Å². The van der Waals surface area contributed by atoms with E-state index in [0.29, 0.717) is 21.6 Å². The highest BCUT2D eigenvalue weighted by Gasteiger charge is 2.37. The molecule has 1 heterocycles. The van der Waals surface area contributed by atoms with Crippen LogP contribution in [0.15, 0.2) is 23.0 Å². The standard InChI is InChI=1S/C13H14Cl2N4O/c14-8-3-4-9(15)10(7-8)19-11(17-18-12(19)20)13(16)5-1-2-6-13/h3-4,7H,1-2,5-6,16H2,(H,18,20). The first-order valence-corrected chi connectivity index (χ1v) is 7.19. The summed E-state index contributed by atoms with van der Waals surface area (Å²) < 4.78 is 1.43. The topological polar surface area (TPSA) is 76.7 Å². The Morgan fingerprint density at radius 1 is 1.30 bits per heavy atom. The predicted octanol–water partition coefficient (Wildman–Crippen LogP) is 2.60. The zero-order valence-electron chi connectivity index (χ0n) is 10.7. The Bertz CT molecular complexity index is 701. The van der Waals surface area contributed by atoms with Gasteiger partial charge in [-0.3, -0.25) is 0 Å². The van der Waals surface area contributed by atoms with E-state index in [1.165, 1.54) is 4.57 Å². The van der Waals surface area contributed by atoms with Crippen LogP contribution in [0.5, 0.6) is 0 Å². The highest BCUT2D eigenvalue weighted by atomic mass is 35.5. The van der Waals surface area contributed by atoms with Crippen molar-refractivity contribution >= 4 is 23.2 Å². The molecule has 0 aliphatic heterocycles. The number of nitrogens with zero attached hydrogens (tertiary/aromatic N) is 2. The SMILES string of the molecule is NC1(c2n[nH]c(=O)n2-c2cc(Cl)ccc2Cl)CCCC1. The van der Waals surface area contributed by atoms with E-state index in [0.717, 1.165) is 25.7 Å². The van der Waals surface area contributed by atoms with Crippen LogP contribution in [0.3, 0.4) is 0 Å². The van der Waals surface area contributed by atoms with Crippen molar-refractivity contribution < 1.29 is 0 Å². The molecule has 0 radical (unpaired) electrons. The second kappa shape index (κ2) is 4.91. The molecule has 3 N–H and O–H groups in total. The van der Waals surface area contributed by atoms with Gasteiger partial charge in [0.25, 0.3) is 0 Å². The lowest BCUT2D eigenvalue weighted by atomic mass is 9.98. The maximum Gasteiger partial charge on any atom is 0.348 e. The van der Waals surface area contributed by atoms with E-state index in [-0.39, 0.29) is 5.69 Å². The number of H-pyrrole nitrogens is 1. The number of hydrogen-bond acceptors (Lipinski definition) is 3. The molecule has 1 saturated carbocycles. The average molecular weight is 313 g/mol. The molecule has 0 amide bonds. The van der Waals surface area contributed by atoms with Gasteiger partial charge in [0.15, 0.2) is 5.82 Å². The molecular weight excluding hydrogens is 299 g/mol. The van der Waals surface area contributed by atoms with Crippen molar-refractivity contribution in [3.8, 4) is 5.69 Å². The Morgan fingerprint density at radius 3 is 2.70 bits per heavy atom. The molecule has 1 aromatic heterocycles. The van der Waals surface area contributed by atoms with Crippen molar-refractivity contribution in [1.82, 2.24) is 14.8 Å². The molecular formula is C13H14Cl2N4O. The third kappa shape index (κ3) is 2.16. The minimum absolute atomic E-state index is 0.360. The molecule has 1 aliphatic rings. The third-order valence-corrected chi connectivity index (χ3v) is 4.32. The first kappa shape index (κ1) is 13.7. The summed E-state index contributed by atoms with van der Waals surface area (Å²) in [7, 11) is 0. The molecule has 0 spiro atoms. The van der Waals surface area contributed by atoms with Gasteiger partial charge in [0.05, 0.1) is 16.2 Å². The Balaban J connectivity index is 2.21. The lowest BCUT2D eigenvalue weighted by Crippen LogP contribution is -2.37. The summed E-state index contributed by atoms with van der Waals surface area (Å²) in [5.74, 6) is 0.518. The van der Waals surface area contributed by atoms with Gasteiger partial charge in [0.1, 0.15) is 0 Å². The summed E-state index contributed by atoms with van der Waals surface area (Å²) in [4.78, 5) is 12.1. The molecule has 0 saturated heterocycles. The monoisotopic (exact) mass is 312 g/mol. The number of aromatic amines is 1. The molecule has 2 aromatic rings. The van der Waals surface area contributed by atoms with E-state index in [1.807, 2.05) is 0 Å². The van der Waals surface area contributed by atoms with Gasteiger partial charge in [-0.1, -0.05) is 36.0 Å². The van der Waals surface area contributed by atoms with Crippen LogP contribution in [-0.4, -0.2) is 14.8 Å². The molecule has 20 heavy (non-hydrogen) atoms. The highest BCUT2D eigenvalue weighted by Crippen LogP contribution is 2.36. The van der Waals surface area contributed by atoms with Gasteiger partial charge in [-0.15, -0.1) is 0 Å². The van der Waals surface area contributed by atoms with Crippen LogP contribution in [0.1, 0.15) is 31.5 Å². The quantitative estimate of drug-likeness (QED) is 0.894. The number of nitrogens with one attached hydrogen (secondary N) is 1. The predicted molar refractivity (Wildman–Crippen MR) is 78.5 cm³/mol. The fourth-order valence-corrected chi connectivity index (χ4v) is 3.11. The third-order valence-electron chi connectivity index (χ3n) is 3.76. The van der Waals surface area contributed by atoms with Gasteiger partial charge in [-0.2, -0.15) is 5.10 Å². The smallest absolute Gasteiger partial charge is 0.319 e. The number of rotatable bonds is 2. The van der Waals surface area contributed by atoms with Crippen molar-refractivity contribution in [3.63, 3.8) is 0 Å². The maximum absolute atomic E-state index is 12.1. The summed E-state index contributed by atoms with van der Waals surface area (Å²) in [5, 5.41) is 7.51. The second-order valence-corrected chi connectivity index (χ2v) is 5.99. The summed E-state index contributed by atoms with van der Waals surface area (Å²) in [6, 6.07) is 4.97. The first-order valence-electron chi connectivity index (χ1n) is 6.43. The van der Waals surface area contributed by atoms with Crippen molar-refractivity contribution in [1.29, 1.82) is 0 Å². The molecule has 7 heteroatoms. The molecule has 1 aromatic carbocycles. The summed E-state index contributed by atoms with van der Waals surface area (Å²) in [5.41, 5.74) is 5.95. The molecule has 5 nitrogen and oxygen atoms in total. The number of nitrogens with two attached hydrogens (primary N) is 1. The van der Waals surface area contributed by atoms with E-state index in [2.05, 4.69) is 10.2 Å². The highest BCUT2D eigenvalue weighted by molar-refractivity contribution is 6.34. The Labute approximate surface area is 125 Å². The molecule has 0 bridgehead atoms. The average Bonchev–Trinajstić information content (AvgIpc) is 3.00. The fraction of sp³-hybridized carbons (Fsp3) is 0.385. The molecule has 0 atom stereocenters. The van der Waals surface area contributed by atoms with Crippen molar-refractivity contribution in [3.05, 3.63) is 44.6 Å². The van der Waals surface area contributed by atoms with E-state index >= 15 is 0 Å². The number of halogens is 2. The van der Waals surface area contributed by atoms with Crippen LogP contribution < -0.4 is 11.4 Å². The molecule has 106 valence electrons. The Morgan fingerprint density at radius 2 is 2.00 bits per heavy atom. The Hall–Kier alpha value is -1.30. The molecule has 1 aliphatic carbocycles. The van der Waals surface area contributed by atoms with Crippen molar-refractivity contribution in [2.75, 3.05) is 0 Å². The number of benzene rings is 1. The van der Waals surface area contributed by atoms with Crippen LogP contribution >= 0.6 is 23.2 Å². The van der Waals surface area contributed by atoms with Gasteiger partial charge in [0.2, 0.25) is 0 Å². The van der Waals surface area contributed by atoms with E-state index in [4.69, 9.17) is 28.9 Å². The van der Waals surface area contributed by atoms with Gasteiger partial charge < -0.3 is 5.73 Å². The fourth-order valence-electron chi connectivity index (χ4n) is 2.74. The summed E-state index contributed by atoms with van der Waals surface area (Å²) in [6.45, 7) is 0. The lowest BCUT2D eigenvalue weighted by molar-refractivity contribution is 0.423. The van der Waals surface area contributed by atoms with Gasteiger partial charge in [-0.25, -0.2) is 14.5 Å². The minimum Gasteiger partial charge on any atom is -0.319 e. The van der Waals surface area contributed by atoms with Crippen molar-refractivity contribution in [2.45, 2.75) is 31.2 Å². The van der Waals surface area contributed by atoms with Crippen LogP contribution in [-0.2, 0) is 5.54 Å². The van der Waals surface area contributed by atoms with E-state index in [9.17, 15) is 4.79 Å². The van der Waals surface area contributed by atoms with E-state index < -0.39 is 5.54 Å². The Kier molecular flexibility index (Phi) is 3.36. The van der Waals surface area contributed by atoms with Gasteiger partial charge in [0, 0.05) is 5.02 Å². The zero-order chi connectivity index (χ0) is 14.3. The second-order valence-electron chi connectivity index (χ2n) is 5.15. The summed E-state index contributed by atoms with van der Waals surface area (Å²) >= 11 is 12.2. The largest absolute Gasteiger partial charge is 0.348 e. The number of aromatic nitrogens is 3.